The molecule has 152 valence electrons. The van der Waals surface area contributed by atoms with E-state index in [1.807, 2.05) is 41.3 Å². The molecule has 0 aromatic heterocycles. The maximum Gasteiger partial charge on any atom is 0.246 e. The number of benzene rings is 3. The van der Waals surface area contributed by atoms with Crippen LogP contribution in [0.4, 0.5) is 5.69 Å². The number of anilines is 1. The van der Waals surface area contributed by atoms with Gasteiger partial charge in [0.25, 0.3) is 0 Å². The third kappa shape index (κ3) is 3.36. The summed E-state index contributed by atoms with van der Waals surface area (Å²) in [6.45, 7) is 2.08. The van der Waals surface area contributed by atoms with E-state index in [9.17, 15) is 4.79 Å². The molecule has 0 bridgehead atoms. The standard InChI is InChI=1S/C24H21BrClN3O/c1-14-2-4-15(5-3-14)21-20-22(28-27-21)24(30)29(19-12-10-18(26)11-13-19)23(20)16-6-8-17(25)9-7-16/h2-13,20-23,27-28H,1H3. The summed E-state index contributed by atoms with van der Waals surface area (Å²) in [5.41, 5.74) is 11.0. The summed E-state index contributed by atoms with van der Waals surface area (Å²) in [5.74, 6) is 0.106. The molecule has 2 heterocycles. The molecule has 0 spiro atoms. The molecule has 3 aromatic rings. The first kappa shape index (κ1) is 19.8. The maximum absolute atomic E-state index is 13.5. The second-order valence-corrected chi connectivity index (χ2v) is 9.27. The summed E-state index contributed by atoms with van der Waals surface area (Å²) in [5, 5.41) is 0.656. The van der Waals surface area contributed by atoms with Crippen molar-refractivity contribution in [3.8, 4) is 0 Å². The van der Waals surface area contributed by atoms with Gasteiger partial charge < -0.3 is 4.90 Å². The van der Waals surface area contributed by atoms with Crippen LogP contribution in [0.15, 0.2) is 77.3 Å². The van der Waals surface area contributed by atoms with Crippen molar-refractivity contribution < 1.29 is 4.79 Å². The highest BCUT2D eigenvalue weighted by atomic mass is 79.9. The summed E-state index contributed by atoms with van der Waals surface area (Å²) < 4.78 is 1.02. The third-order valence-electron chi connectivity index (χ3n) is 6.06. The number of nitrogens with zero attached hydrogens (tertiary/aromatic N) is 1. The number of hydrogen-bond acceptors (Lipinski definition) is 3. The van der Waals surface area contributed by atoms with Gasteiger partial charge in [0, 0.05) is 21.1 Å². The molecule has 0 aliphatic carbocycles. The average molecular weight is 483 g/mol. The van der Waals surface area contributed by atoms with Crippen LogP contribution in [0.25, 0.3) is 0 Å². The van der Waals surface area contributed by atoms with E-state index in [0.29, 0.717) is 5.02 Å². The second kappa shape index (κ2) is 7.82. The molecular formula is C24H21BrClN3O. The SMILES string of the molecule is Cc1ccc(C2NNC3C(=O)N(c4ccc(Cl)cc4)C(c4ccc(Br)cc4)C32)cc1. The zero-order chi connectivity index (χ0) is 20.8. The van der Waals surface area contributed by atoms with Gasteiger partial charge in [-0.15, -0.1) is 0 Å². The molecule has 30 heavy (non-hydrogen) atoms. The fourth-order valence-corrected chi connectivity index (χ4v) is 5.00. The van der Waals surface area contributed by atoms with Gasteiger partial charge in [0.1, 0.15) is 6.04 Å². The number of aryl methyl sites for hydroxylation is 1. The van der Waals surface area contributed by atoms with Crippen LogP contribution in [0.5, 0.6) is 0 Å². The van der Waals surface area contributed by atoms with Gasteiger partial charge in [0.15, 0.2) is 0 Å². The number of nitrogens with one attached hydrogen (secondary N) is 2. The van der Waals surface area contributed by atoms with Crippen molar-refractivity contribution in [2.45, 2.75) is 25.0 Å². The largest absolute Gasteiger partial charge is 0.303 e. The molecule has 4 atom stereocenters. The van der Waals surface area contributed by atoms with E-state index in [2.05, 4.69) is 70.1 Å². The molecule has 2 saturated heterocycles. The van der Waals surface area contributed by atoms with E-state index in [1.165, 1.54) is 11.1 Å². The summed E-state index contributed by atoms with van der Waals surface area (Å²) >= 11 is 9.63. The zero-order valence-electron chi connectivity index (χ0n) is 16.3. The lowest BCUT2D eigenvalue weighted by atomic mass is 9.83. The van der Waals surface area contributed by atoms with Crippen LogP contribution in [0.1, 0.15) is 28.8 Å². The van der Waals surface area contributed by atoms with Crippen LogP contribution >= 0.6 is 27.5 Å². The minimum absolute atomic E-state index is 0.0190. The minimum atomic E-state index is -0.305. The predicted molar refractivity (Wildman–Crippen MR) is 123 cm³/mol. The van der Waals surface area contributed by atoms with Crippen molar-refractivity contribution in [1.82, 2.24) is 10.9 Å². The van der Waals surface area contributed by atoms with Gasteiger partial charge in [-0.25, -0.2) is 10.9 Å². The smallest absolute Gasteiger partial charge is 0.246 e. The van der Waals surface area contributed by atoms with Gasteiger partial charge in [0.2, 0.25) is 5.91 Å². The molecule has 2 aliphatic heterocycles. The Kier molecular flexibility index (Phi) is 5.15. The molecule has 2 N–H and O–H groups in total. The molecule has 6 heteroatoms. The Balaban J connectivity index is 1.62. The summed E-state index contributed by atoms with van der Waals surface area (Å²) in [7, 11) is 0. The Morgan fingerprint density at radius 3 is 2.10 bits per heavy atom. The number of hydrogen-bond donors (Lipinski definition) is 2. The van der Waals surface area contributed by atoms with Crippen molar-refractivity contribution in [3.63, 3.8) is 0 Å². The highest BCUT2D eigenvalue weighted by molar-refractivity contribution is 9.10. The van der Waals surface area contributed by atoms with Crippen molar-refractivity contribution >= 4 is 39.1 Å². The lowest BCUT2D eigenvalue weighted by Gasteiger charge is -2.31. The fourth-order valence-electron chi connectivity index (χ4n) is 4.61. The highest BCUT2D eigenvalue weighted by Crippen LogP contribution is 2.49. The Bertz CT molecular complexity index is 1070. The molecule has 0 radical (unpaired) electrons. The molecule has 3 aromatic carbocycles. The van der Waals surface area contributed by atoms with Gasteiger partial charge in [-0.2, -0.15) is 0 Å². The number of hydrazine groups is 1. The summed E-state index contributed by atoms with van der Waals surface area (Å²) in [6.07, 6.45) is 0. The lowest BCUT2D eigenvalue weighted by molar-refractivity contribution is -0.119. The molecule has 2 aliphatic rings. The van der Waals surface area contributed by atoms with Crippen LogP contribution in [0.2, 0.25) is 5.02 Å². The van der Waals surface area contributed by atoms with Crippen molar-refractivity contribution in [1.29, 1.82) is 0 Å². The van der Waals surface area contributed by atoms with E-state index in [0.717, 1.165) is 15.7 Å². The van der Waals surface area contributed by atoms with Crippen LogP contribution in [-0.2, 0) is 4.79 Å². The fraction of sp³-hybridized carbons (Fsp3) is 0.208. The summed E-state index contributed by atoms with van der Waals surface area (Å²) in [6, 6.07) is 23.9. The minimum Gasteiger partial charge on any atom is -0.303 e. The average Bonchev–Trinajstić information content (AvgIpc) is 3.29. The Morgan fingerprint density at radius 2 is 1.43 bits per heavy atom. The number of carbonyl (C=O) groups excluding carboxylic acids is 1. The normalized spacial score (nSPS) is 25.6. The molecule has 2 fully saturated rings. The van der Waals surface area contributed by atoms with Crippen molar-refractivity contribution in [2.24, 2.45) is 5.92 Å². The van der Waals surface area contributed by atoms with E-state index in [-0.39, 0.29) is 30.0 Å². The monoisotopic (exact) mass is 481 g/mol. The maximum atomic E-state index is 13.5. The molecule has 1 amide bonds. The van der Waals surface area contributed by atoms with Crippen molar-refractivity contribution in [3.05, 3.63) is 99.0 Å². The lowest BCUT2D eigenvalue weighted by Crippen LogP contribution is -2.41. The van der Waals surface area contributed by atoms with Gasteiger partial charge >= 0.3 is 0 Å². The highest BCUT2D eigenvalue weighted by Gasteiger charge is 2.55. The Labute approximate surface area is 189 Å². The number of amides is 1. The predicted octanol–water partition coefficient (Wildman–Crippen LogP) is 5.33. The number of fused-ring (bicyclic) bond motifs is 1. The van der Waals surface area contributed by atoms with E-state index >= 15 is 0 Å². The molecule has 0 saturated carbocycles. The second-order valence-electron chi connectivity index (χ2n) is 7.91. The first-order valence-electron chi connectivity index (χ1n) is 9.94. The van der Waals surface area contributed by atoms with Crippen molar-refractivity contribution in [2.75, 3.05) is 4.90 Å². The van der Waals surface area contributed by atoms with Gasteiger partial charge in [-0.3, -0.25) is 4.79 Å². The van der Waals surface area contributed by atoms with E-state index in [4.69, 9.17) is 11.6 Å². The van der Waals surface area contributed by atoms with Crippen LogP contribution in [0.3, 0.4) is 0 Å². The third-order valence-corrected chi connectivity index (χ3v) is 6.84. The quantitative estimate of drug-likeness (QED) is 0.530. The van der Waals surface area contributed by atoms with E-state index < -0.39 is 0 Å². The topological polar surface area (TPSA) is 44.4 Å². The molecule has 4 unspecified atom stereocenters. The first-order valence-corrected chi connectivity index (χ1v) is 11.1. The first-order chi connectivity index (χ1) is 14.5. The number of halogens is 2. The van der Waals surface area contributed by atoms with E-state index in [1.54, 1.807) is 0 Å². The molecular weight excluding hydrogens is 462 g/mol. The molecule has 4 nitrogen and oxygen atoms in total. The zero-order valence-corrected chi connectivity index (χ0v) is 18.7. The number of rotatable bonds is 3. The van der Waals surface area contributed by atoms with Gasteiger partial charge in [-0.1, -0.05) is 69.5 Å². The Hall–Kier alpha value is -2.18. The van der Waals surface area contributed by atoms with Crippen LogP contribution < -0.4 is 15.8 Å². The Morgan fingerprint density at radius 1 is 0.833 bits per heavy atom. The van der Waals surface area contributed by atoms with Crippen LogP contribution in [0, 0.1) is 12.8 Å². The van der Waals surface area contributed by atoms with Crippen LogP contribution in [-0.4, -0.2) is 11.9 Å². The van der Waals surface area contributed by atoms with Gasteiger partial charge in [-0.05, 0) is 54.4 Å². The molecule has 5 rings (SSSR count). The summed E-state index contributed by atoms with van der Waals surface area (Å²) in [4.78, 5) is 15.5. The number of carbonyl (C=O) groups is 1. The van der Waals surface area contributed by atoms with Gasteiger partial charge in [0.05, 0.1) is 12.1 Å².